The molecule has 2 aromatic carbocycles. The molecule has 0 unspecified atom stereocenters. The summed E-state index contributed by atoms with van der Waals surface area (Å²) in [6, 6.07) is 16.9. The molecule has 0 bridgehead atoms. The SMILES string of the molecule is C=CC[C@@H]1O[C@H](C[C@@H](CO[Si](C)(C)C(C)(C)C)O[Si](C)(C)C(C)(C)C)[C@H](OC)[C@H]1CS(=O)(=O)c1ccccc1.C=CC[C@@H]1O[C@H](C[C@H](O)CO)[C@H](OC)[C@H]1CS(=O)(=O)c1ccccc1. The van der Waals surface area contributed by atoms with Crippen molar-refractivity contribution in [2.75, 3.05) is 38.9 Å². The van der Waals surface area contributed by atoms with Crippen molar-refractivity contribution < 1.29 is 54.8 Å². The minimum Gasteiger partial charge on any atom is -0.414 e. The van der Waals surface area contributed by atoms with Crippen LogP contribution in [0.3, 0.4) is 0 Å². The number of aliphatic hydroxyl groups is 2. The lowest BCUT2D eigenvalue weighted by molar-refractivity contribution is -0.0394. The van der Waals surface area contributed by atoms with Crippen molar-refractivity contribution >= 4 is 36.3 Å². The van der Waals surface area contributed by atoms with Crippen LogP contribution in [0.4, 0.5) is 0 Å². The van der Waals surface area contributed by atoms with Crippen LogP contribution < -0.4 is 0 Å². The molecule has 0 aliphatic carbocycles. The Morgan fingerprint density at radius 2 is 1.06 bits per heavy atom. The summed E-state index contributed by atoms with van der Waals surface area (Å²) in [5.41, 5.74) is 0. The van der Waals surface area contributed by atoms with Gasteiger partial charge in [0.1, 0.15) is 0 Å². The van der Waals surface area contributed by atoms with Gasteiger partial charge in [-0.1, -0.05) is 90.1 Å². The fraction of sp³-hybridized carbons (Fsp3) is 0.667. The zero-order valence-electron chi connectivity index (χ0n) is 40.6. The van der Waals surface area contributed by atoms with Gasteiger partial charge in [-0.15, -0.1) is 13.2 Å². The second-order valence-corrected chi connectivity index (χ2v) is 33.9. The van der Waals surface area contributed by atoms with Gasteiger partial charge in [0.05, 0.1) is 83.3 Å². The Kier molecular flexibility index (Phi) is 20.9. The summed E-state index contributed by atoms with van der Waals surface area (Å²) in [5.74, 6) is -0.861. The first-order chi connectivity index (χ1) is 29.7. The third kappa shape index (κ3) is 15.2. The van der Waals surface area contributed by atoms with Crippen LogP contribution in [-0.2, 0) is 47.5 Å². The second kappa shape index (κ2) is 23.8. The van der Waals surface area contributed by atoms with E-state index in [0.717, 1.165) is 0 Å². The highest BCUT2D eigenvalue weighted by Crippen LogP contribution is 2.42. The molecule has 2 aliphatic heterocycles. The van der Waals surface area contributed by atoms with Crippen LogP contribution in [-0.4, -0.2) is 131 Å². The highest BCUT2D eigenvalue weighted by molar-refractivity contribution is 7.91. The molecule has 0 radical (unpaired) electrons. The van der Waals surface area contributed by atoms with Crippen molar-refractivity contribution in [3.8, 4) is 0 Å². The second-order valence-electron chi connectivity index (χ2n) is 20.3. The Balaban J connectivity index is 0.000000374. The fourth-order valence-electron chi connectivity index (χ4n) is 7.82. The van der Waals surface area contributed by atoms with Gasteiger partial charge in [-0.2, -0.15) is 0 Å². The monoisotopic (exact) mass is 968 g/mol. The van der Waals surface area contributed by atoms with Gasteiger partial charge in [0.2, 0.25) is 0 Å². The molecule has 2 saturated heterocycles. The molecule has 0 spiro atoms. The fourth-order valence-corrected chi connectivity index (χ4v) is 13.6. The van der Waals surface area contributed by atoms with Gasteiger partial charge in [0, 0.05) is 38.9 Å². The molecular formula is C48H80O12S2Si2. The van der Waals surface area contributed by atoms with Crippen LogP contribution in [0.1, 0.15) is 67.2 Å². The van der Waals surface area contributed by atoms with E-state index < -0.39 is 54.6 Å². The first-order valence-corrected chi connectivity index (χ1v) is 31.5. The quantitative estimate of drug-likeness (QED) is 0.0857. The topological polar surface area (TPSA) is 164 Å². The lowest BCUT2D eigenvalue weighted by atomic mass is 9.94. The first kappa shape index (κ1) is 56.3. The molecule has 0 amide bonds. The molecule has 16 heteroatoms. The largest absolute Gasteiger partial charge is 0.414 e. The molecule has 0 aromatic heterocycles. The van der Waals surface area contributed by atoms with E-state index in [2.05, 4.69) is 80.9 Å². The van der Waals surface area contributed by atoms with Gasteiger partial charge in [-0.3, -0.25) is 0 Å². The molecule has 64 heavy (non-hydrogen) atoms. The maximum atomic E-state index is 13.4. The summed E-state index contributed by atoms with van der Waals surface area (Å²) < 4.78 is 89.8. The molecule has 2 aliphatic rings. The van der Waals surface area contributed by atoms with Crippen molar-refractivity contribution in [1.82, 2.24) is 0 Å². The zero-order valence-corrected chi connectivity index (χ0v) is 44.2. The normalized spacial score (nSPS) is 25.6. The molecule has 2 aromatic rings. The Hall–Kier alpha value is -2.07. The van der Waals surface area contributed by atoms with Crippen molar-refractivity contribution in [2.45, 2.75) is 162 Å². The molecule has 364 valence electrons. The van der Waals surface area contributed by atoms with Crippen LogP contribution in [0.15, 0.2) is 95.8 Å². The summed E-state index contributed by atoms with van der Waals surface area (Å²) in [4.78, 5) is 0.587. The number of rotatable bonds is 22. The Bertz CT molecular complexity index is 1950. The minimum atomic E-state index is -3.52. The van der Waals surface area contributed by atoms with E-state index in [0.29, 0.717) is 30.8 Å². The van der Waals surface area contributed by atoms with E-state index in [1.165, 1.54) is 7.11 Å². The third-order valence-electron chi connectivity index (χ3n) is 13.5. The average Bonchev–Trinajstić information content (AvgIpc) is 3.70. The van der Waals surface area contributed by atoms with E-state index in [4.69, 9.17) is 32.9 Å². The maximum absolute atomic E-state index is 13.4. The lowest BCUT2D eigenvalue weighted by Crippen LogP contribution is -2.49. The Morgan fingerprint density at radius 3 is 1.41 bits per heavy atom. The highest BCUT2D eigenvalue weighted by atomic mass is 32.2. The van der Waals surface area contributed by atoms with Gasteiger partial charge in [-0.05, 0) is 73.4 Å². The molecule has 2 heterocycles. The van der Waals surface area contributed by atoms with Gasteiger partial charge >= 0.3 is 0 Å². The van der Waals surface area contributed by atoms with Gasteiger partial charge < -0.3 is 38.0 Å². The van der Waals surface area contributed by atoms with Crippen LogP contribution in [0.2, 0.25) is 36.3 Å². The van der Waals surface area contributed by atoms with E-state index in [1.807, 2.05) is 6.07 Å². The molecule has 12 nitrogen and oxygen atoms in total. The standard InChI is InChI=1S/C30H54O6SSi2.C18H26O6S/c1-13-17-26-25(22-37(31,32)24-18-15-14-16-19-24)28(33-8)27(35-26)20-23(36-39(11,12)30(5,6)7)21-34-38(9,10)29(2,3)4;1-3-7-16-15(12-25(21,22)14-8-5-4-6-9-14)18(23-2)17(24-16)10-13(20)11-19/h13-16,18-19,23,25-28H,1,17,20-22H2,2-12H3;3-6,8-9,13,15-20H,1,7,10-12H2,2H3/t23-,25-,26-,27+,28+;13-,15-,16-,17+,18+/m00/s1. The van der Waals surface area contributed by atoms with Crippen LogP contribution >= 0.6 is 0 Å². The van der Waals surface area contributed by atoms with Crippen molar-refractivity contribution in [3.63, 3.8) is 0 Å². The van der Waals surface area contributed by atoms with Crippen LogP contribution in [0.25, 0.3) is 0 Å². The predicted molar refractivity (Wildman–Crippen MR) is 260 cm³/mol. The molecular weight excluding hydrogens is 889 g/mol. The summed E-state index contributed by atoms with van der Waals surface area (Å²) in [5, 5.41) is 18.9. The highest BCUT2D eigenvalue weighted by Gasteiger charge is 2.49. The third-order valence-corrected chi connectivity index (χ3v) is 26.2. The average molecular weight is 969 g/mol. The smallest absolute Gasteiger partial charge is 0.192 e. The molecule has 10 atom stereocenters. The predicted octanol–water partition coefficient (Wildman–Crippen LogP) is 8.42. The first-order valence-electron chi connectivity index (χ1n) is 22.4. The number of hydrogen-bond donors (Lipinski definition) is 2. The number of sulfone groups is 2. The Morgan fingerprint density at radius 1 is 0.672 bits per heavy atom. The molecule has 0 saturated carbocycles. The summed E-state index contributed by atoms with van der Waals surface area (Å²) >= 11 is 0. The van der Waals surface area contributed by atoms with Gasteiger partial charge in [-0.25, -0.2) is 16.8 Å². The van der Waals surface area contributed by atoms with Gasteiger partial charge in [0.15, 0.2) is 36.3 Å². The maximum Gasteiger partial charge on any atom is 0.192 e. The van der Waals surface area contributed by atoms with Crippen LogP contribution in [0.5, 0.6) is 0 Å². The summed E-state index contributed by atoms with van der Waals surface area (Å²) in [6.45, 7) is 30.2. The Labute approximate surface area is 388 Å². The number of hydrogen-bond acceptors (Lipinski definition) is 12. The summed E-state index contributed by atoms with van der Waals surface area (Å²) in [7, 11) is -8.00. The van der Waals surface area contributed by atoms with Crippen molar-refractivity contribution in [3.05, 3.63) is 86.0 Å². The zero-order chi connectivity index (χ0) is 48.3. The number of aliphatic hydroxyl groups excluding tert-OH is 2. The molecule has 2 fully saturated rings. The van der Waals surface area contributed by atoms with E-state index >= 15 is 0 Å². The van der Waals surface area contributed by atoms with Crippen molar-refractivity contribution in [1.29, 1.82) is 0 Å². The van der Waals surface area contributed by atoms with E-state index in [1.54, 1.807) is 73.9 Å². The van der Waals surface area contributed by atoms with Crippen molar-refractivity contribution in [2.24, 2.45) is 11.8 Å². The lowest BCUT2D eigenvalue weighted by Gasteiger charge is -2.42. The minimum absolute atomic E-state index is 0.0388. The van der Waals surface area contributed by atoms with E-state index in [9.17, 15) is 21.9 Å². The van der Waals surface area contributed by atoms with E-state index in [-0.39, 0.29) is 81.9 Å². The molecule has 2 N–H and O–H groups in total. The number of methoxy groups -OCH3 is 2. The number of ether oxygens (including phenoxy) is 4. The summed E-state index contributed by atoms with van der Waals surface area (Å²) in [6.07, 6.45) is 1.85. The van der Waals surface area contributed by atoms with Crippen LogP contribution in [0, 0.1) is 11.8 Å². The number of benzene rings is 2. The van der Waals surface area contributed by atoms with Gasteiger partial charge in [0.25, 0.3) is 0 Å². The molecule has 4 rings (SSSR count).